The zero-order chi connectivity index (χ0) is 15.7. The number of hydrogen-bond donors (Lipinski definition) is 1. The third-order valence-corrected chi connectivity index (χ3v) is 7.26. The molecule has 2 aliphatic rings. The fourth-order valence-electron chi connectivity index (χ4n) is 4.26. The lowest BCUT2D eigenvalue weighted by molar-refractivity contribution is -0.699. The maximum absolute atomic E-state index is 11.6. The summed E-state index contributed by atoms with van der Waals surface area (Å²) >= 11 is 0. The summed E-state index contributed by atoms with van der Waals surface area (Å²) in [6, 6.07) is 3.24. The zero-order valence-electron chi connectivity index (χ0n) is 13.8. The highest BCUT2D eigenvalue weighted by Crippen LogP contribution is 2.31. The van der Waals surface area contributed by atoms with Crippen molar-refractivity contribution in [2.75, 3.05) is 11.5 Å². The number of aryl methyl sites for hydroxylation is 1. The molecule has 2 heterocycles. The Hall–Kier alpha value is -0.810. The second-order valence-corrected chi connectivity index (χ2v) is 9.39. The van der Waals surface area contributed by atoms with E-state index >= 15 is 0 Å². The van der Waals surface area contributed by atoms with E-state index in [4.69, 9.17) is 0 Å². The number of aromatic nitrogens is 1. The van der Waals surface area contributed by atoms with Crippen molar-refractivity contribution >= 4 is 9.84 Å². The molecule has 0 unspecified atom stereocenters. The van der Waals surface area contributed by atoms with Gasteiger partial charge in [0.15, 0.2) is 9.84 Å². The molecule has 1 atom stereocenters. The number of hydrogen-bond acceptors (Lipinski definition) is 2. The molecule has 0 amide bonds. The summed E-state index contributed by atoms with van der Waals surface area (Å²) < 4.78 is 25.7. The quantitative estimate of drug-likeness (QED) is 0.919. The van der Waals surface area contributed by atoms with Crippen LogP contribution >= 0.6 is 0 Å². The molecule has 4 nitrogen and oxygen atoms in total. The lowest BCUT2D eigenvalue weighted by Crippen LogP contribution is -2.89. The van der Waals surface area contributed by atoms with Crippen LogP contribution < -0.4 is 5.32 Å². The molecule has 1 aliphatic heterocycles. The summed E-state index contributed by atoms with van der Waals surface area (Å²) in [5.41, 5.74) is 4.14. The first-order valence-electron chi connectivity index (χ1n) is 8.67. The molecule has 1 saturated carbocycles. The van der Waals surface area contributed by atoms with E-state index in [0.29, 0.717) is 17.5 Å². The Balaban J connectivity index is 1.67. The molecule has 0 bridgehead atoms. The first kappa shape index (κ1) is 16.1. The molecular weight excluding hydrogens is 296 g/mol. The van der Waals surface area contributed by atoms with Crippen molar-refractivity contribution in [3.05, 3.63) is 23.0 Å². The van der Waals surface area contributed by atoms with E-state index in [1.807, 2.05) is 0 Å². The monoisotopic (exact) mass is 325 g/mol. The van der Waals surface area contributed by atoms with Gasteiger partial charge in [0.05, 0.1) is 5.75 Å². The fourth-order valence-corrected chi connectivity index (χ4v) is 6.04. The lowest BCUT2D eigenvalue weighted by atomic mass is 9.95. The lowest BCUT2D eigenvalue weighted by Gasteiger charge is -2.26. The molecule has 2 fully saturated rings. The maximum atomic E-state index is 11.6. The standard InChI is InChI=1S/C17H28N2O2S/c1-13-10-15(11-18-16-8-9-22(20,21)12-16)14(2)19(13)17-6-4-3-5-7-17/h10,16-18H,3-9,11-12H2,1-2H3/p+1/t16-/m1/s1. The number of nitrogens with two attached hydrogens (primary N) is 1. The van der Waals surface area contributed by atoms with Gasteiger partial charge in [0, 0.05) is 29.4 Å². The van der Waals surface area contributed by atoms with Crippen LogP contribution in [0.3, 0.4) is 0 Å². The molecular formula is C17H29N2O2S+. The van der Waals surface area contributed by atoms with E-state index in [1.54, 1.807) is 0 Å². The summed E-state index contributed by atoms with van der Waals surface area (Å²) in [6.45, 7) is 5.36. The number of rotatable bonds is 4. The minimum Gasteiger partial charge on any atom is -0.346 e. The van der Waals surface area contributed by atoms with Gasteiger partial charge in [0.1, 0.15) is 18.3 Å². The molecule has 124 valence electrons. The van der Waals surface area contributed by atoms with E-state index in [1.165, 1.54) is 49.1 Å². The van der Waals surface area contributed by atoms with Crippen LogP contribution in [0.2, 0.25) is 0 Å². The molecule has 2 N–H and O–H groups in total. The summed E-state index contributed by atoms with van der Waals surface area (Å²) in [7, 11) is -2.77. The van der Waals surface area contributed by atoms with Gasteiger partial charge in [0.25, 0.3) is 0 Å². The van der Waals surface area contributed by atoms with Crippen molar-refractivity contribution in [2.45, 2.75) is 71.0 Å². The second kappa shape index (κ2) is 6.36. The van der Waals surface area contributed by atoms with Crippen molar-refractivity contribution in [1.29, 1.82) is 0 Å². The van der Waals surface area contributed by atoms with Crippen molar-refractivity contribution in [3.63, 3.8) is 0 Å². The minimum absolute atomic E-state index is 0.253. The summed E-state index contributed by atoms with van der Waals surface area (Å²) in [5.74, 6) is 0.726. The van der Waals surface area contributed by atoms with Gasteiger partial charge in [0.2, 0.25) is 0 Å². The summed E-state index contributed by atoms with van der Waals surface area (Å²) in [6.07, 6.45) is 7.50. The fraction of sp³-hybridized carbons (Fsp3) is 0.765. The predicted octanol–water partition coefficient (Wildman–Crippen LogP) is 1.86. The van der Waals surface area contributed by atoms with Gasteiger partial charge in [-0.2, -0.15) is 0 Å². The van der Waals surface area contributed by atoms with E-state index in [2.05, 4.69) is 29.8 Å². The van der Waals surface area contributed by atoms with Gasteiger partial charge in [-0.25, -0.2) is 8.42 Å². The molecule has 1 aromatic heterocycles. The van der Waals surface area contributed by atoms with Crippen LogP contribution in [0.1, 0.15) is 61.5 Å². The predicted molar refractivity (Wildman–Crippen MR) is 88.7 cm³/mol. The summed E-state index contributed by atoms with van der Waals surface area (Å²) in [5, 5.41) is 2.23. The Bertz CT molecular complexity index is 627. The van der Waals surface area contributed by atoms with E-state index in [-0.39, 0.29) is 6.04 Å². The van der Waals surface area contributed by atoms with Crippen LogP contribution in [-0.2, 0) is 16.4 Å². The van der Waals surface area contributed by atoms with E-state index in [9.17, 15) is 8.42 Å². The average molecular weight is 325 g/mol. The van der Waals surface area contributed by atoms with Crippen LogP contribution in [0.5, 0.6) is 0 Å². The van der Waals surface area contributed by atoms with Crippen molar-refractivity contribution in [3.8, 4) is 0 Å². The second-order valence-electron chi connectivity index (χ2n) is 7.16. The Morgan fingerprint density at radius 2 is 1.91 bits per heavy atom. The van der Waals surface area contributed by atoms with Crippen molar-refractivity contribution < 1.29 is 13.7 Å². The van der Waals surface area contributed by atoms with E-state index in [0.717, 1.165) is 13.0 Å². The summed E-state index contributed by atoms with van der Waals surface area (Å²) in [4.78, 5) is 0. The minimum atomic E-state index is -2.77. The maximum Gasteiger partial charge on any atom is 0.156 e. The molecule has 0 radical (unpaired) electrons. The van der Waals surface area contributed by atoms with Gasteiger partial charge in [-0.05, 0) is 32.8 Å². The first-order valence-corrected chi connectivity index (χ1v) is 10.5. The van der Waals surface area contributed by atoms with Gasteiger partial charge < -0.3 is 9.88 Å². The molecule has 3 rings (SSSR count). The first-order chi connectivity index (χ1) is 10.5. The van der Waals surface area contributed by atoms with Crippen LogP contribution in [0.25, 0.3) is 0 Å². The molecule has 0 aromatic carbocycles. The van der Waals surface area contributed by atoms with Crippen LogP contribution in [0.15, 0.2) is 6.07 Å². The van der Waals surface area contributed by atoms with Crippen molar-refractivity contribution in [2.24, 2.45) is 0 Å². The van der Waals surface area contributed by atoms with Crippen LogP contribution in [0.4, 0.5) is 0 Å². The molecule has 5 heteroatoms. The largest absolute Gasteiger partial charge is 0.346 e. The highest BCUT2D eigenvalue weighted by atomic mass is 32.2. The SMILES string of the molecule is Cc1cc(C[NH2+][C@@H]2CCS(=O)(=O)C2)c(C)n1C1CCCCC1. The number of nitrogens with zero attached hydrogens (tertiary/aromatic N) is 1. The highest BCUT2D eigenvalue weighted by Gasteiger charge is 2.30. The Labute approximate surface area is 134 Å². The number of sulfone groups is 1. The molecule has 22 heavy (non-hydrogen) atoms. The van der Waals surface area contributed by atoms with Gasteiger partial charge >= 0.3 is 0 Å². The molecule has 0 spiro atoms. The average Bonchev–Trinajstić information content (AvgIpc) is 2.97. The zero-order valence-corrected chi connectivity index (χ0v) is 14.7. The van der Waals surface area contributed by atoms with Crippen LogP contribution in [-0.4, -0.2) is 30.5 Å². The Morgan fingerprint density at radius 3 is 2.55 bits per heavy atom. The third-order valence-electron chi connectivity index (χ3n) is 5.47. The Morgan fingerprint density at radius 1 is 1.18 bits per heavy atom. The topological polar surface area (TPSA) is 55.7 Å². The molecule has 1 aromatic rings. The van der Waals surface area contributed by atoms with Gasteiger partial charge in [-0.3, -0.25) is 0 Å². The molecule has 1 saturated heterocycles. The highest BCUT2D eigenvalue weighted by molar-refractivity contribution is 7.91. The van der Waals surface area contributed by atoms with Gasteiger partial charge in [-0.15, -0.1) is 0 Å². The smallest absolute Gasteiger partial charge is 0.156 e. The van der Waals surface area contributed by atoms with E-state index < -0.39 is 9.84 Å². The van der Waals surface area contributed by atoms with Crippen molar-refractivity contribution in [1.82, 2.24) is 4.57 Å². The van der Waals surface area contributed by atoms with Crippen LogP contribution in [0, 0.1) is 13.8 Å². The normalized spacial score (nSPS) is 25.6. The van der Waals surface area contributed by atoms with Gasteiger partial charge in [-0.1, -0.05) is 19.3 Å². The third kappa shape index (κ3) is 3.40. The number of quaternary nitrogens is 1. The Kier molecular flexibility index (Phi) is 4.64. The molecule has 1 aliphatic carbocycles.